The van der Waals surface area contributed by atoms with Crippen molar-refractivity contribution in [3.63, 3.8) is 0 Å². The Morgan fingerprint density at radius 3 is 2.66 bits per heavy atom. The van der Waals surface area contributed by atoms with Crippen molar-refractivity contribution < 1.29 is 14.3 Å². The lowest BCUT2D eigenvalue weighted by molar-refractivity contribution is -0.125. The maximum absolute atomic E-state index is 12.6. The molecular weight excluding hydrogens is 412 g/mol. The lowest BCUT2D eigenvalue weighted by atomic mass is 10.2. The average molecular weight is 434 g/mol. The van der Waals surface area contributed by atoms with E-state index in [9.17, 15) is 9.59 Å². The maximum Gasteiger partial charge on any atom is 0.290 e. The Morgan fingerprint density at radius 1 is 1.28 bits per heavy atom. The van der Waals surface area contributed by atoms with Crippen molar-refractivity contribution in [1.29, 1.82) is 0 Å². The first-order chi connectivity index (χ1) is 15.4. The molecule has 3 N–H and O–H groups in total. The van der Waals surface area contributed by atoms with Crippen LogP contribution in [-0.4, -0.2) is 58.1 Å². The molecule has 3 heterocycles. The number of nitrogens with zero attached hydrogens (tertiary/aromatic N) is 4. The van der Waals surface area contributed by atoms with E-state index in [-0.39, 0.29) is 23.3 Å². The van der Waals surface area contributed by atoms with Crippen LogP contribution in [0.1, 0.15) is 23.7 Å². The number of likely N-dealkylation sites (tertiary alicyclic amines) is 1. The minimum absolute atomic E-state index is 0.121. The van der Waals surface area contributed by atoms with Crippen molar-refractivity contribution in [2.75, 3.05) is 33.0 Å². The number of ether oxygens (including phenoxy) is 2. The van der Waals surface area contributed by atoms with Crippen LogP contribution in [0.4, 0.5) is 5.82 Å². The number of nitrogen functional groups attached to an aromatic ring is 1. The van der Waals surface area contributed by atoms with E-state index in [2.05, 4.69) is 33.7 Å². The first-order valence-corrected chi connectivity index (χ1v) is 9.88. The highest BCUT2D eigenvalue weighted by Crippen LogP contribution is 2.28. The molecule has 10 heteroatoms. The van der Waals surface area contributed by atoms with Crippen LogP contribution in [0.5, 0.6) is 11.5 Å². The van der Waals surface area contributed by atoms with Crippen molar-refractivity contribution in [3.8, 4) is 23.3 Å². The number of hydrogen-bond donors (Lipinski definition) is 2. The van der Waals surface area contributed by atoms with Crippen LogP contribution in [0, 0.1) is 11.8 Å². The summed E-state index contributed by atoms with van der Waals surface area (Å²) in [6, 6.07) is 5.07. The summed E-state index contributed by atoms with van der Waals surface area (Å²) >= 11 is 0. The molecule has 1 aliphatic rings. The van der Waals surface area contributed by atoms with Crippen LogP contribution < -0.4 is 20.8 Å². The fraction of sp³-hybridized carbons (Fsp3) is 0.273. The van der Waals surface area contributed by atoms with E-state index >= 15 is 0 Å². The molecule has 1 fully saturated rings. The molecule has 164 valence electrons. The van der Waals surface area contributed by atoms with E-state index in [1.54, 1.807) is 42.0 Å². The molecule has 0 aliphatic carbocycles. The quantitative estimate of drug-likeness (QED) is 0.464. The molecule has 4 rings (SSSR count). The van der Waals surface area contributed by atoms with Gasteiger partial charge in [0.2, 0.25) is 5.91 Å². The summed E-state index contributed by atoms with van der Waals surface area (Å²) in [7, 11) is 3.11. The van der Waals surface area contributed by atoms with Crippen LogP contribution in [0.2, 0.25) is 0 Å². The molecule has 0 bridgehead atoms. The Kier molecular flexibility index (Phi) is 5.55. The molecular formula is C22H22N6O4. The monoisotopic (exact) mass is 434 g/mol. The van der Waals surface area contributed by atoms with Gasteiger partial charge in [-0.25, -0.2) is 5.10 Å². The van der Waals surface area contributed by atoms with Crippen molar-refractivity contribution in [2.24, 2.45) is 0 Å². The second kappa shape index (κ2) is 8.47. The van der Waals surface area contributed by atoms with Gasteiger partial charge in [-0.1, -0.05) is 12.5 Å². The number of carbonyl (C=O) groups excluding carboxylic acids is 1. The molecule has 0 spiro atoms. The number of carbonyl (C=O) groups is 1. The zero-order valence-corrected chi connectivity index (χ0v) is 17.7. The van der Waals surface area contributed by atoms with Gasteiger partial charge in [-0.2, -0.15) is 10.2 Å². The smallest absolute Gasteiger partial charge is 0.290 e. The van der Waals surface area contributed by atoms with Crippen molar-refractivity contribution >= 4 is 22.6 Å². The number of hydrogen-bond acceptors (Lipinski definition) is 7. The largest absolute Gasteiger partial charge is 0.497 e. The molecule has 32 heavy (non-hydrogen) atoms. The predicted molar refractivity (Wildman–Crippen MR) is 119 cm³/mol. The summed E-state index contributed by atoms with van der Waals surface area (Å²) in [4.78, 5) is 26.3. The van der Waals surface area contributed by atoms with Crippen molar-refractivity contribution in [3.05, 3.63) is 52.5 Å². The summed E-state index contributed by atoms with van der Waals surface area (Å²) in [5.41, 5.74) is 6.90. The summed E-state index contributed by atoms with van der Waals surface area (Å²) in [5.74, 6) is 7.18. The van der Waals surface area contributed by atoms with Gasteiger partial charge in [0, 0.05) is 24.7 Å². The van der Waals surface area contributed by atoms with Crippen LogP contribution >= 0.6 is 0 Å². The maximum atomic E-state index is 12.6. The number of nitrogens with one attached hydrogen (secondary N) is 1. The van der Waals surface area contributed by atoms with Crippen LogP contribution in [0.25, 0.3) is 10.9 Å². The molecule has 10 nitrogen and oxygen atoms in total. The van der Waals surface area contributed by atoms with Crippen LogP contribution in [0.3, 0.4) is 0 Å². The predicted octanol–water partition coefficient (Wildman–Crippen LogP) is 1.08. The fourth-order valence-electron chi connectivity index (χ4n) is 3.75. The SMILES string of the molecule is C=CC(=O)N1CCC(n2nc(C#Cc3cc(OC)cc(OC)c3)c3c(N)n[nH]c(=O)c32)C1. The van der Waals surface area contributed by atoms with Crippen molar-refractivity contribution in [1.82, 2.24) is 24.9 Å². The highest BCUT2D eigenvalue weighted by atomic mass is 16.5. The Labute approximate surface area is 183 Å². The van der Waals surface area contributed by atoms with Gasteiger partial charge in [-0.05, 0) is 30.6 Å². The number of aromatic nitrogens is 4. The van der Waals surface area contributed by atoms with Crippen LogP contribution in [0.15, 0.2) is 35.6 Å². The second-order valence-electron chi connectivity index (χ2n) is 7.24. The van der Waals surface area contributed by atoms with Gasteiger partial charge in [-0.15, -0.1) is 0 Å². The third kappa shape index (κ3) is 3.76. The number of amides is 1. The molecule has 1 aliphatic heterocycles. The number of aromatic amines is 1. The normalized spacial score (nSPS) is 15.3. The van der Waals surface area contributed by atoms with Gasteiger partial charge in [0.15, 0.2) is 5.82 Å². The number of methoxy groups -OCH3 is 2. The van der Waals surface area contributed by atoms with E-state index in [4.69, 9.17) is 15.2 Å². The zero-order valence-electron chi connectivity index (χ0n) is 17.7. The van der Waals surface area contributed by atoms with Gasteiger partial charge < -0.3 is 20.1 Å². The Balaban J connectivity index is 1.80. The van der Waals surface area contributed by atoms with Gasteiger partial charge in [-0.3, -0.25) is 14.3 Å². The summed E-state index contributed by atoms with van der Waals surface area (Å²) < 4.78 is 12.2. The van der Waals surface area contributed by atoms with E-state index in [0.717, 1.165) is 0 Å². The number of fused-ring (bicyclic) bond motifs is 1. The molecule has 2 aromatic heterocycles. The third-order valence-electron chi connectivity index (χ3n) is 5.33. The molecule has 3 aromatic rings. The molecule has 0 saturated carbocycles. The molecule has 1 saturated heterocycles. The molecule has 1 aromatic carbocycles. The van der Waals surface area contributed by atoms with E-state index in [0.29, 0.717) is 47.7 Å². The van der Waals surface area contributed by atoms with E-state index < -0.39 is 5.56 Å². The number of anilines is 1. The summed E-state index contributed by atoms with van der Waals surface area (Å²) in [6.07, 6.45) is 1.91. The second-order valence-corrected chi connectivity index (χ2v) is 7.24. The highest BCUT2D eigenvalue weighted by Gasteiger charge is 2.30. The number of nitrogens with two attached hydrogens (primary N) is 1. The number of H-pyrrole nitrogens is 1. The fourth-order valence-corrected chi connectivity index (χ4v) is 3.75. The lowest BCUT2D eigenvalue weighted by Crippen LogP contribution is -2.27. The minimum Gasteiger partial charge on any atom is -0.497 e. The van der Waals surface area contributed by atoms with Gasteiger partial charge in [0.25, 0.3) is 5.56 Å². The number of benzene rings is 1. The Hall–Kier alpha value is -4.26. The number of rotatable bonds is 4. The Bertz CT molecular complexity index is 1310. The van der Waals surface area contributed by atoms with Gasteiger partial charge >= 0.3 is 0 Å². The first-order valence-electron chi connectivity index (χ1n) is 9.88. The van der Waals surface area contributed by atoms with Crippen molar-refractivity contribution in [2.45, 2.75) is 12.5 Å². The van der Waals surface area contributed by atoms with Crippen LogP contribution in [-0.2, 0) is 4.79 Å². The highest BCUT2D eigenvalue weighted by molar-refractivity contribution is 5.92. The standard InChI is InChI=1S/C22H22N6O4/c1-4-18(29)27-8-7-14(12-27)28-20-19(21(23)24-25-22(20)30)17(26-28)6-5-13-9-15(31-2)11-16(10-13)32-3/h4,9-11,14H,1,7-8,12H2,2-3H3,(H2,23,24)(H,25,30). The summed E-state index contributed by atoms with van der Waals surface area (Å²) in [6.45, 7) is 4.48. The van der Waals surface area contributed by atoms with Gasteiger partial charge in [0.05, 0.1) is 25.6 Å². The first kappa shape index (κ1) is 21.0. The zero-order chi connectivity index (χ0) is 22.8. The topological polar surface area (TPSA) is 128 Å². The molecule has 1 atom stereocenters. The minimum atomic E-state index is -0.425. The molecule has 1 unspecified atom stereocenters. The molecule has 0 radical (unpaired) electrons. The molecule has 1 amide bonds. The van der Waals surface area contributed by atoms with Gasteiger partial charge in [0.1, 0.15) is 22.7 Å². The lowest BCUT2D eigenvalue weighted by Gasteiger charge is -2.14. The van der Waals surface area contributed by atoms with E-state index in [1.807, 2.05) is 0 Å². The summed E-state index contributed by atoms with van der Waals surface area (Å²) in [5, 5.41) is 11.2. The third-order valence-corrected chi connectivity index (χ3v) is 5.33. The van der Waals surface area contributed by atoms with E-state index in [1.165, 1.54) is 6.08 Å². The average Bonchev–Trinajstić information content (AvgIpc) is 3.45. The Morgan fingerprint density at radius 2 is 2.00 bits per heavy atom.